The Morgan fingerprint density at radius 1 is 1.16 bits per heavy atom. The number of benzene rings is 2. The van der Waals surface area contributed by atoms with Crippen LogP contribution in [-0.2, 0) is 9.63 Å². The van der Waals surface area contributed by atoms with E-state index < -0.39 is 10.9 Å². The number of nitro benzene ring substituents is 1. The standard InChI is InChI=1S/C18H14N2O5/c1-2-24-15-9-3-12(4-10-15)11-16-17(19-25-18(16)21)13-5-7-14(8-6-13)20(22)23/h3-11H,2H2,1H3. The molecule has 0 fully saturated rings. The summed E-state index contributed by atoms with van der Waals surface area (Å²) < 4.78 is 5.38. The number of oxime groups is 1. The average molecular weight is 338 g/mol. The van der Waals surface area contributed by atoms with Crippen LogP contribution in [0.5, 0.6) is 5.75 Å². The van der Waals surface area contributed by atoms with Crippen LogP contribution in [0, 0.1) is 10.1 Å². The molecule has 7 nitrogen and oxygen atoms in total. The summed E-state index contributed by atoms with van der Waals surface area (Å²) in [6, 6.07) is 13.0. The van der Waals surface area contributed by atoms with Crippen LogP contribution in [0.2, 0.25) is 0 Å². The van der Waals surface area contributed by atoms with Crippen molar-refractivity contribution < 1.29 is 19.3 Å². The molecule has 0 unspecified atom stereocenters. The van der Waals surface area contributed by atoms with Crippen LogP contribution < -0.4 is 4.74 Å². The van der Waals surface area contributed by atoms with E-state index in [1.807, 2.05) is 19.1 Å². The number of hydrogen-bond donors (Lipinski definition) is 0. The van der Waals surface area contributed by atoms with Crippen molar-refractivity contribution in [3.05, 3.63) is 75.3 Å². The Labute approximate surface area is 143 Å². The van der Waals surface area contributed by atoms with Gasteiger partial charge in [-0.15, -0.1) is 0 Å². The highest BCUT2D eigenvalue weighted by Crippen LogP contribution is 2.23. The second kappa shape index (κ2) is 6.96. The third-order valence-electron chi connectivity index (χ3n) is 3.55. The Morgan fingerprint density at radius 2 is 1.84 bits per heavy atom. The molecule has 0 spiro atoms. The molecule has 2 aromatic carbocycles. The first-order chi connectivity index (χ1) is 12.1. The molecule has 0 bridgehead atoms. The van der Waals surface area contributed by atoms with Crippen molar-refractivity contribution in [2.75, 3.05) is 6.61 Å². The molecule has 1 heterocycles. The molecule has 0 aromatic heterocycles. The minimum atomic E-state index is -0.567. The Bertz CT molecular complexity index is 867. The number of nitrogens with zero attached hydrogens (tertiary/aromatic N) is 2. The molecular weight excluding hydrogens is 324 g/mol. The van der Waals surface area contributed by atoms with E-state index in [2.05, 4.69) is 5.16 Å². The van der Waals surface area contributed by atoms with E-state index in [0.29, 0.717) is 17.9 Å². The minimum Gasteiger partial charge on any atom is -0.494 e. The van der Waals surface area contributed by atoms with Crippen LogP contribution in [-0.4, -0.2) is 23.2 Å². The van der Waals surface area contributed by atoms with E-state index in [1.54, 1.807) is 18.2 Å². The van der Waals surface area contributed by atoms with Gasteiger partial charge in [0.1, 0.15) is 11.5 Å². The second-order valence-corrected chi connectivity index (χ2v) is 5.18. The summed E-state index contributed by atoms with van der Waals surface area (Å²) in [5, 5.41) is 14.5. The first kappa shape index (κ1) is 16.4. The van der Waals surface area contributed by atoms with Crippen molar-refractivity contribution in [1.82, 2.24) is 0 Å². The highest BCUT2D eigenvalue weighted by Gasteiger charge is 2.27. The number of nitro groups is 1. The van der Waals surface area contributed by atoms with Gasteiger partial charge in [0.25, 0.3) is 5.69 Å². The maximum Gasteiger partial charge on any atom is 0.368 e. The van der Waals surface area contributed by atoms with Crippen molar-refractivity contribution in [3.8, 4) is 5.75 Å². The van der Waals surface area contributed by atoms with Crippen LogP contribution in [0.3, 0.4) is 0 Å². The second-order valence-electron chi connectivity index (χ2n) is 5.18. The fourth-order valence-electron chi connectivity index (χ4n) is 2.35. The van der Waals surface area contributed by atoms with E-state index >= 15 is 0 Å². The smallest absolute Gasteiger partial charge is 0.368 e. The maximum atomic E-state index is 12.0. The van der Waals surface area contributed by atoms with Crippen molar-refractivity contribution >= 4 is 23.4 Å². The fourth-order valence-corrected chi connectivity index (χ4v) is 2.35. The lowest BCUT2D eigenvalue weighted by atomic mass is 10.0. The molecule has 1 aliphatic heterocycles. The Morgan fingerprint density at radius 3 is 2.44 bits per heavy atom. The van der Waals surface area contributed by atoms with Crippen LogP contribution in [0.25, 0.3) is 6.08 Å². The lowest BCUT2D eigenvalue weighted by molar-refractivity contribution is -0.384. The summed E-state index contributed by atoms with van der Waals surface area (Å²) in [6.07, 6.45) is 1.66. The van der Waals surface area contributed by atoms with Gasteiger partial charge in [-0.3, -0.25) is 10.1 Å². The van der Waals surface area contributed by atoms with Gasteiger partial charge in [0.15, 0.2) is 0 Å². The van der Waals surface area contributed by atoms with Crippen molar-refractivity contribution in [1.29, 1.82) is 0 Å². The number of carbonyl (C=O) groups is 1. The van der Waals surface area contributed by atoms with E-state index in [-0.39, 0.29) is 11.3 Å². The van der Waals surface area contributed by atoms with Gasteiger partial charge in [-0.25, -0.2) is 4.79 Å². The molecule has 0 radical (unpaired) electrons. The van der Waals surface area contributed by atoms with Gasteiger partial charge in [0.05, 0.1) is 17.1 Å². The molecule has 0 saturated heterocycles. The number of hydrogen-bond acceptors (Lipinski definition) is 6. The van der Waals surface area contributed by atoms with Gasteiger partial charge < -0.3 is 9.57 Å². The molecule has 0 amide bonds. The van der Waals surface area contributed by atoms with E-state index in [9.17, 15) is 14.9 Å². The normalized spacial score (nSPS) is 15.0. The van der Waals surface area contributed by atoms with E-state index in [4.69, 9.17) is 9.57 Å². The lowest BCUT2D eigenvalue weighted by Gasteiger charge is -2.03. The molecule has 2 aromatic rings. The number of rotatable bonds is 5. The highest BCUT2D eigenvalue weighted by atomic mass is 16.7. The maximum absolute atomic E-state index is 12.0. The zero-order valence-electron chi connectivity index (χ0n) is 13.3. The molecule has 0 aliphatic carbocycles. The summed E-state index contributed by atoms with van der Waals surface area (Å²) >= 11 is 0. The summed E-state index contributed by atoms with van der Waals surface area (Å²) in [6.45, 7) is 2.47. The molecule has 25 heavy (non-hydrogen) atoms. The van der Waals surface area contributed by atoms with Gasteiger partial charge in [-0.05, 0) is 42.8 Å². The predicted molar refractivity (Wildman–Crippen MR) is 91.3 cm³/mol. The van der Waals surface area contributed by atoms with Gasteiger partial charge >= 0.3 is 5.97 Å². The van der Waals surface area contributed by atoms with Crippen LogP contribution in [0.1, 0.15) is 18.1 Å². The van der Waals surface area contributed by atoms with Gasteiger partial charge in [-0.2, -0.15) is 0 Å². The Balaban J connectivity index is 1.89. The first-order valence-corrected chi connectivity index (χ1v) is 7.57. The number of carbonyl (C=O) groups excluding carboxylic acids is 1. The molecule has 1 aliphatic rings. The number of non-ortho nitro benzene ring substituents is 1. The van der Waals surface area contributed by atoms with Gasteiger partial charge in [0.2, 0.25) is 0 Å². The van der Waals surface area contributed by atoms with Gasteiger partial charge in [-0.1, -0.05) is 17.3 Å². The quantitative estimate of drug-likeness (QED) is 0.361. The Hall–Kier alpha value is -3.48. The number of ether oxygens (including phenoxy) is 1. The molecule has 0 atom stereocenters. The molecular formula is C18H14N2O5. The molecule has 3 rings (SSSR count). The zero-order valence-corrected chi connectivity index (χ0v) is 13.3. The lowest BCUT2D eigenvalue weighted by Crippen LogP contribution is -2.07. The predicted octanol–water partition coefficient (Wildman–Crippen LogP) is 3.34. The largest absolute Gasteiger partial charge is 0.494 e. The van der Waals surface area contributed by atoms with Crippen LogP contribution >= 0.6 is 0 Å². The average Bonchev–Trinajstić information content (AvgIpc) is 2.98. The van der Waals surface area contributed by atoms with Crippen molar-refractivity contribution in [2.45, 2.75) is 6.92 Å². The summed E-state index contributed by atoms with van der Waals surface area (Å²) in [5.41, 5.74) is 1.94. The molecule has 0 N–H and O–H groups in total. The fraction of sp³-hybridized carbons (Fsp3) is 0.111. The highest BCUT2D eigenvalue weighted by molar-refractivity contribution is 6.31. The molecule has 126 valence electrons. The molecule has 7 heteroatoms. The van der Waals surface area contributed by atoms with Crippen molar-refractivity contribution in [3.63, 3.8) is 0 Å². The SMILES string of the molecule is CCOc1ccc(C=C2C(=O)ON=C2c2ccc([N+](=O)[O-])cc2)cc1. The first-order valence-electron chi connectivity index (χ1n) is 7.57. The summed E-state index contributed by atoms with van der Waals surface area (Å²) in [4.78, 5) is 27.0. The third-order valence-corrected chi connectivity index (χ3v) is 3.55. The Kier molecular flexibility index (Phi) is 4.56. The minimum absolute atomic E-state index is 0.0355. The molecule has 0 saturated carbocycles. The van der Waals surface area contributed by atoms with Crippen LogP contribution in [0.4, 0.5) is 5.69 Å². The monoisotopic (exact) mass is 338 g/mol. The third kappa shape index (κ3) is 3.55. The van der Waals surface area contributed by atoms with Gasteiger partial charge in [0, 0.05) is 17.7 Å². The van der Waals surface area contributed by atoms with Crippen molar-refractivity contribution in [2.24, 2.45) is 5.16 Å². The summed E-state index contributed by atoms with van der Waals surface area (Å²) in [5.74, 6) is 0.171. The van der Waals surface area contributed by atoms with E-state index in [0.717, 1.165) is 11.3 Å². The van der Waals surface area contributed by atoms with E-state index in [1.165, 1.54) is 24.3 Å². The summed E-state index contributed by atoms with van der Waals surface area (Å²) in [7, 11) is 0. The topological polar surface area (TPSA) is 91.0 Å². The zero-order chi connectivity index (χ0) is 17.8. The van der Waals surface area contributed by atoms with Crippen LogP contribution in [0.15, 0.2) is 59.3 Å².